The van der Waals surface area contributed by atoms with E-state index in [0.29, 0.717) is 12.0 Å². The number of hydrogen-bond acceptors (Lipinski definition) is 3. The molecule has 1 N–H and O–H groups in total. The Morgan fingerprint density at radius 1 is 1.38 bits per heavy atom. The van der Waals surface area contributed by atoms with Gasteiger partial charge >= 0.3 is 0 Å². The maximum absolute atomic E-state index is 4.52. The highest BCUT2D eigenvalue weighted by atomic mass is 15.0. The fourth-order valence-corrected chi connectivity index (χ4v) is 2.45. The number of hydrogen-bond donors (Lipinski definition) is 1. The van der Waals surface area contributed by atoms with Crippen molar-refractivity contribution in [2.45, 2.75) is 24.8 Å². The highest BCUT2D eigenvalue weighted by molar-refractivity contribution is 5.74. The molecule has 0 bridgehead atoms. The van der Waals surface area contributed by atoms with Crippen molar-refractivity contribution < 1.29 is 0 Å². The number of aromatic nitrogens is 3. The molecule has 0 aromatic carbocycles. The Balaban J connectivity index is 2.01. The van der Waals surface area contributed by atoms with Crippen LogP contribution in [0.25, 0.3) is 11.0 Å². The van der Waals surface area contributed by atoms with Gasteiger partial charge in [-0.05, 0) is 26.0 Å². The van der Waals surface area contributed by atoms with Gasteiger partial charge < -0.3 is 9.88 Å². The zero-order chi connectivity index (χ0) is 11.1. The zero-order valence-corrected chi connectivity index (χ0v) is 9.64. The van der Waals surface area contributed by atoms with Crippen LogP contribution < -0.4 is 5.32 Å². The van der Waals surface area contributed by atoms with E-state index < -0.39 is 0 Å². The predicted molar refractivity (Wildman–Crippen MR) is 63.3 cm³/mol. The minimum absolute atomic E-state index is 0.573. The lowest BCUT2D eigenvalue weighted by Gasteiger charge is -2.35. The third-order valence-electron chi connectivity index (χ3n) is 3.66. The van der Waals surface area contributed by atoms with Crippen LogP contribution in [0.3, 0.4) is 0 Å². The lowest BCUT2D eigenvalue weighted by Crippen LogP contribution is -2.40. The molecule has 1 aliphatic rings. The molecule has 4 nitrogen and oxygen atoms in total. The van der Waals surface area contributed by atoms with E-state index in [1.165, 1.54) is 24.1 Å². The molecule has 0 radical (unpaired) electrons. The quantitative estimate of drug-likeness (QED) is 0.826. The van der Waals surface area contributed by atoms with Crippen LogP contribution in [0.5, 0.6) is 0 Å². The zero-order valence-electron chi connectivity index (χ0n) is 9.64. The molecule has 2 aromatic rings. The third kappa shape index (κ3) is 1.33. The van der Waals surface area contributed by atoms with Crippen molar-refractivity contribution in [3.63, 3.8) is 0 Å². The van der Waals surface area contributed by atoms with Crippen molar-refractivity contribution >= 4 is 11.0 Å². The van der Waals surface area contributed by atoms with Crippen molar-refractivity contribution in [1.29, 1.82) is 0 Å². The summed E-state index contributed by atoms with van der Waals surface area (Å²) < 4.78 is 2.05. The average molecular weight is 216 g/mol. The van der Waals surface area contributed by atoms with Crippen LogP contribution in [0.2, 0.25) is 0 Å². The van der Waals surface area contributed by atoms with Crippen molar-refractivity contribution in [2.24, 2.45) is 7.05 Å². The SMILES string of the molecule is CNC1CCC1c1cc2c(cn1)ncn2C. The summed E-state index contributed by atoms with van der Waals surface area (Å²) in [6.07, 6.45) is 6.22. The van der Waals surface area contributed by atoms with E-state index in [2.05, 4.69) is 21.4 Å². The van der Waals surface area contributed by atoms with Gasteiger partial charge in [0, 0.05) is 24.7 Å². The van der Waals surface area contributed by atoms with E-state index in [1.54, 1.807) is 0 Å². The summed E-state index contributed by atoms with van der Waals surface area (Å²) in [5.41, 5.74) is 3.35. The highest BCUT2D eigenvalue weighted by Crippen LogP contribution is 2.36. The molecule has 2 heterocycles. The maximum atomic E-state index is 4.52. The smallest absolute Gasteiger partial charge is 0.107 e. The number of likely N-dealkylation sites (N-methyl/N-ethyl adjacent to an activating group) is 1. The summed E-state index contributed by atoms with van der Waals surface area (Å²) in [4.78, 5) is 8.81. The summed E-state index contributed by atoms with van der Waals surface area (Å²) in [5, 5.41) is 3.34. The van der Waals surface area contributed by atoms with E-state index in [9.17, 15) is 0 Å². The van der Waals surface area contributed by atoms with Gasteiger partial charge in [0.2, 0.25) is 0 Å². The number of imidazole rings is 1. The topological polar surface area (TPSA) is 42.7 Å². The van der Waals surface area contributed by atoms with Gasteiger partial charge in [-0.15, -0.1) is 0 Å². The Bertz CT molecular complexity index is 515. The Hall–Kier alpha value is -1.42. The normalized spacial score (nSPS) is 24.6. The number of fused-ring (bicyclic) bond motifs is 1. The number of nitrogens with one attached hydrogen (secondary N) is 1. The number of nitrogens with zero attached hydrogens (tertiary/aromatic N) is 3. The summed E-state index contributed by atoms with van der Waals surface area (Å²) >= 11 is 0. The van der Waals surface area contributed by atoms with Crippen LogP contribution >= 0.6 is 0 Å². The van der Waals surface area contributed by atoms with Crippen molar-refractivity contribution in [3.8, 4) is 0 Å². The predicted octanol–water partition coefficient (Wildman–Crippen LogP) is 1.43. The molecule has 3 rings (SSSR count). The van der Waals surface area contributed by atoms with Gasteiger partial charge in [0.25, 0.3) is 0 Å². The molecule has 0 spiro atoms. The van der Waals surface area contributed by atoms with Crippen LogP contribution in [0.4, 0.5) is 0 Å². The largest absolute Gasteiger partial charge is 0.334 e. The van der Waals surface area contributed by atoms with E-state index in [0.717, 1.165) is 5.52 Å². The van der Waals surface area contributed by atoms with Gasteiger partial charge in [0.1, 0.15) is 5.52 Å². The van der Waals surface area contributed by atoms with Crippen LogP contribution in [0.15, 0.2) is 18.6 Å². The second kappa shape index (κ2) is 3.56. The fourth-order valence-electron chi connectivity index (χ4n) is 2.45. The van der Waals surface area contributed by atoms with Crippen molar-refractivity contribution in [2.75, 3.05) is 7.05 Å². The van der Waals surface area contributed by atoms with Crippen LogP contribution in [-0.2, 0) is 7.05 Å². The molecule has 1 aliphatic carbocycles. The van der Waals surface area contributed by atoms with Crippen molar-refractivity contribution in [1.82, 2.24) is 19.9 Å². The first-order valence-corrected chi connectivity index (χ1v) is 5.74. The minimum Gasteiger partial charge on any atom is -0.334 e. The Morgan fingerprint density at radius 3 is 2.94 bits per heavy atom. The summed E-state index contributed by atoms with van der Waals surface area (Å²) in [7, 11) is 4.05. The summed E-state index contributed by atoms with van der Waals surface area (Å²) in [5.74, 6) is 0.573. The highest BCUT2D eigenvalue weighted by Gasteiger charge is 2.31. The molecule has 0 amide bonds. The van der Waals surface area contributed by atoms with Crippen LogP contribution in [0, 0.1) is 0 Å². The van der Waals surface area contributed by atoms with Gasteiger partial charge in [0.05, 0.1) is 18.0 Å². The Labute approximate surface area is 94.7 Å². The molecule has 2 unspecified atom stereocenters. The van der Waals surface area contributed by atoms with Gasteiger partial charge in [0.15, 0.2) is 0 Å². The first kappa shape index (κ1) is 9.78. The summed E-state index contributed by atoms with van der Waals surface area (Å²) in [6, 6.07) is 2.77. The third-order valence-corrected chi connectivity index (χ3v) is 3.66. The molecular formula is C12H16N4. The van der Waals surface area contributed by atoms with E-state index in [-0.39, 0.29) is 0 Å². The lowest BCUT2D eigenvalue weighted by atomic mass is 9.77. The number of pyridine rings is 1. The maximum Gasteiger partial charge on any atom is 0.107 e. The van der Waals surface area contributed by atoms with Crippen molar-refractivity contribution in [3.05, 3.63) is 24.3 Å². The Kier molecular flexibility index (Phi) is 2.17. The summed E-state index contributed by atoms with van der Waals surface area (Å²) in [6.45, 7) is 0. The van der Waals surface area contributed by atoms with Crippen LogP contribution in [0.1, 0.15) is 24.5 Å². The number of rotatable bonds is 2. The van der Waals surface area contributed by atoms with Gasteiger partial charge in [-0.1, -0.05) is 0 Å². The molecule has 16 heavy (non-hydrogen) atoms. The molecule has 1 fully saturated rings. The monoisotopic (exact) mass is 216 g/mol. The first-order chi connectivity index (χ1) is 7.79. The number of aryl methyl sites for hydroxylation is 1. The molecular weight excluding hydrogens is 200 g/mol. The second-order valence-electron chi connectivity index (χ2n) is 4.53. The molecule has 84 valence electrons. The molecule has 2 atom stereocenters. The van der Waals surface area contributed by atoms with E-state index in [1.807, 2.05) is 31.2 Å². The minimum atomic E-state index is 0.573. The van der Waals surface area contributed by atoms with Gasteiger partial charge in [-0.2, -0.15) is 0 Å². The van der Waals surface area contributed by atoms with E-state index >= 15 is 0 Å². The Morgan fingerprint density at radius 2 is 2.25 bits per heavy atom. The fraction of sp³-hybridized carbons (Fsp3) is 0.500. The average Bonchev–Trinajstić information content (AvgIpc) is 2.60. The second-order valence-corrected chi connectivity index (χ2v) is 4.53. The molecule has 2 aromatic heterocycles. The van der Waals surface area contributed by atoms with Gasteiger partial charge in [-0.3, -0.25) is 4.98 Å². The molecule has 0 aliphatic heterocycles. The standard InChI is InChI=1S/C12H16N4/c1-13-9-4-3-8(9)10-5-12-11(6-14-10)15-7-16(12)2/h5-9,13H,3-4H2,1-2H3. The molecule has 0 saturated heterocycles. The molecule has 1 saturated carbocycles. The van der Waals surface area contributed by atoms with E-state index in [4.69, 9.17) is 0 Å². The first-order valence-electron chi connectivity index (χ1n) is 5.74. The molecule has 4 heteroatoms. The lowest BCUT2D eigenvalue weighted by molar-refractivity contribution is 0.295. The van der Waals surface area contributed by atoms with Gasteiger partial charge in [-0.25, -0.2) is 4.98 Å². The van der Waals surface area contributed by atoms with Crippen LogP contribution in [-0.4, -0.2) is 27.6 Å².